The van der Waals surface area contributed by atoms with Crippen LogP contribution < -0.4 is 9.80 Å². The number of morpholine rings is 1. The molecule has 3 aromatic heterocycles. The largest absolute Gasteiger partial charge is 0.378 e. The average Bonchev–Trinajstić information content (AvgIpc) is 3.28. The fourth-order valence-corrected chi connectivity index (χ4v) is 3.97. The van der Waals surface area contributed by atoms with Gasteiger partial charge in [-0.3, -0.25) is 10.1 Å². The molecular weight excluding hydrogens is 354 g/mol. The van der Waals surface area contributed by atoms with Gasteiger partial charge in [0.15, 0.2) is 0 Å². The molecule has 0 amide bonds. The maximum atomic E-state index is 5.54. The van der Waals surface area contributed by atoms with E-state index in [1.807, 2.05) is 12.3 Å². The second-order valence-electron chi connectivity index (χ2n) is 7.42. The predicted molar refractivity (Wildman–Crippen MR) is 110 cm³/mol. The van der Waals surface area contributed by atoms with Crippen LogP contribution in [0.1, 0.15) is 0 Å². The number of piperazine rings is 1. The summed E-state index contributed by atoms with van der Waals surface area (Å²) in [6, 6.07) is 6.27. The predicted octanol–water partition coefficient (Wildman–Crippen LogP) is 1.61. The lowest BCUT2D eigenvalue weighted by Crippen LogP contribution is -2.44. The maximum Gasteiger partial charge on any atom is 0.131 e. The molecular formula is C20H25N7O. The second-order valence-corrected chi connectivity index (χ2v) is 7.42. The first kappa shape index (κ1) is 17.4. The molecule has 2 saturated heterocycles. The molecule has 2 aliphatic rings. The SMILES string of the molecule is CN1CCN(c2cc(N3CCOCC3)nc3c(-c4ccn[nH]4)nccc23)CC1. The van der Waals surface area contributed by atoms with Gasteiger partial charge in [-0.05, 0) is 19.2 Å². The average molecular weight is 379 g/mol. The maximum absolute atomic E-state index is 5.54. The van der Waals surface area contributed by atoms with Gasteiger partial charge in [-0.2, -0.15) is 5.10 Å². The van der Waals surface area contributed by atoms with Gasteiger partial charge in [-0.15, -0.1) is 0 Å². The Morgan fingerprint density at radius 3 is 2.54 bits per heavy atom. The van der Waals surface area contributed by atoms with Crippen molar-refractivity contribution in [3.05, 3.63) is 30.6 Å². The van der Waals surface area contributed by atoms with Crippen LogP contribution in [0.2, 0.25) is 0 Å². The molecule has 2 aliphatic heterocycles. The van der Waals surface area contributed by atoms with Gasteiger partial charge < -0.3 is 19.4 Å². The number of anilines is 2. The summed E-state index contributed by atoms with van der Waals surface area (Å²) in [7, 11) is 2.18. The van der Waals surface area contributed by atoms with Crippen LogP contribution in [0.4, 0.5) is 11.5 Å². The minimum Gasteiger partial charge on any atom is -0.378 e. The van der Waals surface area contributed by atoms with E-state index in [9.17, 15) is 0 Å². The Morgan fingerprint density at radius 1 is 0.964 bits per heavy atom. The van der Waals surface area contributed by atoms with Crippen molar-refractivity contribution >= 4 is 22.4 Å². The zero-order chi connectivity index (χ0) is 18.9. The quantitative estimate of drug-likeness (QED) is 0.741. The van der Waals surface area contributed by atoms with Crippen molar-refractivity contribution in [3.8, 4) is 11.4 Å². The highest BCUT2D eigenvalue weighted by Crippen LogP contribution is 2.34. The number of nitrogens with zero attached hydrogens (tertiary/aromatic N) is 6. The van der Waals surface area contributed by atoms with E-state index in [0.29, 0.717) is 0 Å². The van der Waals surface area contributed by atoms with Crippen molar-refractivity contribution in [1.82, 2.24) is 25.1 Å². The molecule has 2 fully saturated rings. The van der Waals surface area contributed by atoms with Gasteiger partial charge >= 0.3 is 0 Å². The first-order chi connectivity index (χ1) is 13.8. The number of pyridine rings is 2. The standard InChI is InChI=1S/C20H25N7O/c1-25-6-8-26(9-7-25)17-14-18(27-10-12-28-13-11-27)23-19-15(17)2-4-21-20(19)16-3-5-22-24-16/h2-5,14H,6-13H2,1H3,(H,22,24). The fourth-order valence-electron chi connectivity index (χ4n) is 3.97. The van der Waals surface area contributed by atoms with Crippen molar-refractivity contribution < 1.29 is 4.74 Å². The normalized spacial score (nSPS) is 18.8. The number of aromatic nitrogens is 4. The van der Waals surface area contributed by atoms with E-state index in [0.717, 1.165) is 80.6 Å². The third-order valence-corrected chi connectivity index (χ3v) is 5.63. The third-order valence-electron chi connectivity index (χ3n) is 5.63. The minimum atomic E-state index is 0.740. The number of hydrogen-bond donors (Lipinski definition) is 1. The van der Waals surface area contributed by atoms with E-state index in [-0.39, 0.29) is 0 Å². The van der Waals surface area contributed by atoms with Gasteiger partial charge in [0.1, 0.15) is 17.0 Å². The highest BCUT2D eigenvalue weighted by atomic mass is 16.5. The lowest BCUT2D eigenvalue weighted by atomic mass is 10.1. The van der Waals surface area contributed by atoms with Gasteiger partial charge in [0.05, 0.1) is 24.6 Å². The smallest absolute Gasteiger partial charge is 0.131 e. The van der Waals surface area contributed by atoms with Gasteiger partial charge in [0.2, 0.25) is 0 Å². The molecule has 0 bridgehead atoms. The van der Waals surface area contributed by atoms with Gasteiger partial charge in [-0.25, -0.2) is 4.98 Å². The number of nitrogens with one attached hydrogen (secondary N) is 1. The Kier molecular flexibility index (Phi) is 4.58. The Balaban J connectivity index is 1.67. The lowest BCUT2D eigenvalue weighted by molar-refractivity contribution is 0.122. The van der Waals surface area contributed by atoms with E-state index >= 15 is 0 Å². The molecule has 0 atom stereocenters. The summed E-state index contributed by atoms with van der Waals surface area (Å²) in [6.07, 6.45) is 3.62. The van der Waals surface area contributed by atoms with Crippen LogP contribution in [0.15, 0.2) is 30.6 Å². The van der Waals surface area contributed by atoms with E-state index < -0.39 is 0 Å². The van der Waals surface area contributed by atoms with Crippen LogP contribution in [-0.2, 0) is 4.74 Å². The topological polar surface area (TPSA) is 73.4 Å². The zero-order valence-corrected chi connectivity index (χ0v) is 16.1. The summed E-state index contributed by atoms with van der Waals surface area (Å²) in [5, 5.41) is 8.29. The molecule has 0 aromatic carbocycles. The number of ether oxygens (including phenoxy) is 1. The Labute approximate surface area is 164 Å². The molecule has 8 heteroatoms. The molecule has 0 unspecified atom stereocenters. The summed E-state index contributed by atoms with van der Waals surface area (Å²) in [4.78, 5) is 16.8. The fraction of sp³-hybridized carbons (Fsp3) is 0.450. The van der Waals surface area contributed by atoms with Crippen molar-refractivity contribution in [2.24, 2.45) is 0 Å². The minimum absolute atomic E-state index is 0.740. The molecule has 3 aromatic rings. The summed E-state index contributed by atoms with van der Waals surface area (Å²) in [5.41, 5.74) is 3.90. The number of fused-ring (bicyclic) bond motifs is 1. The summed E-state index contributed by atoms with van der Waals surface area (Å²) in [5.74, 6) is 0.999. The molecule has 0 radical (unpaired) electrons. The van der Waals surface area contributed by atoms with Crippen LogP contribution in [0.25, 0.3) is 22.3 Å². The molecule has 0 saturated carbocycles. The van der Waals surface area contributed by atoms with Crippen LogP contribution >= 0.6 is 0 Å². The van der Waals surface area contributed by atoms with E-state index in [2.05, 4.69) is 49.1 Å². The highest BCUT2D eigenvalue weighted by Gasteiger charge is 2.22. The van der Waals surface area contributed by atoms with Crippen molar-refractivity contribution in [2.75, 3.05) is 69.3 Å². The first-order valence-electron chi connectivity index (χ1n) is 9.85. The highest BCUT2D eigenvalue weighted by molar-refractivity contribution is 6.00. The number of likely N-dealkylation sites (N-methyl/N-ethyl adjacent to an activating group) is 1. The zero-order valence-electron chi connectivity index (χ0n) is 16.1. The second kappa shape index (κ2) is 7.37. The number of rotatable bonds is 3. The van der Waals surface area contributed by atoms with Gasteiger partial charge in [0, 0.05) is 63.1 Å². The van der Waals surface area contributed by atoms with E-state index in [1.165, 1.54) is 5.69 Å². The van der Waals surface area contributed by atoms with Crippen LogP contribution in [0.3, 0.4) is 0 Å². The van der Waals surface area contributed by atoms with Crippen LogP contribution in [0.5, 0.6) is 0 Å². The van der Waals surface area contributed by atoms with Crippen LogP contribution in [-0.4, -0.2) is 84.6 Å². The number of aromatic amines is 1. The number of H-pyrrole nitrogens is 1. The summed E-state index contributed by atoms with van der Waals surface area (Å²) >= 11 is 0. The molecule has 146 valence electrons. The van der Waals surface area contributed by atoms with Crippen molar-refractivity contribution in [3.63, 3.8) is 0 Å². The van der Waals surface area contributed by atoms with E-state index in [4.69, 9.17) is 9.72 Å². The van der Waals surface area contributed by atoms with Gasteiger partial charge in [-0.1, -0.05) is 0 Å². The first-order valence-corrected chi connectivity index (χ1v) is 9.85. The Bertz CT molecular complexity index is 945. The molecule has 0 aliphatic carbocycles. The van der Waals surface area contributed by atoms with Crippen molar-refractivity contribution in [1.29, 1.82) is 0 Å². The summed E-state index contributed by atoms with van der Waals surface area (Å²) < 4.78 is 5.54. The Morgan fingerprint density at radius 2 is 1.79 bits per heavy atom. The van der Waals surface area contributed by atoms with Crippen LogP contribution in [0, 0.1) is 0 Å². The molecule has 0 spiro atoms. The summed E-state index contributed by atoms with van der Waals surface area (Å²) in [6.45, 7) is 7.36. The molecule has 28 heavy (non-hydrogen) atoms. The molecule has 8 nitrogen and oxygen atoms in total. The van der Waals surface area contributed by atoms with Gasteiger partial charge in [0.25, 0.3) is 0 Å². The number of hydrogen-bond acceptors (Lipinski definition) is 7. The molecule has 5 rings (SSSR count). The van der Waals surface area contributed by atoms with E-state index in [1.54, 1.807) is 6.20 Å². The third kappa shape index (κ3) is 3.18. The molecule has 1 N–H and O–H groups in total. The Hall–Kier alpha value is -2.71. The monoisotopic (exact) mass is 379 g/mol. The lowest BCUT2D eigenvalue weighted by Gasteiger charge is -2.36. The molecule has 5 heterocycles. The van der Waals surface area contributed by atoms with Crippen molar-refractivity contribution in [2.45, 2.75) is 0 Å².